The Kier molecular flexibility index (Phi) is 4.59. The van der Waals surface area contributed by atoms with Gasteiger partial charge in [-0.15, -0.1) is 0 Å². The lowest BCUT2D eigenvalue weighted by molar-refractivity contribution is 0.212. The van der Waals surface area contributed by atoms with Gasteiger partial charge in [-0.05, 0) is 32.7 Å². The fourth-order valence-electron chi connectivity index (χ4n) is 2.50. The first-order chi connectivity index (χ1) is 8.96. The van der Waals surface area contributed by atoms with Crippen molar-refractivity contribution in [3.8, 4) is 0 Å². The van der Waals surface area contributed by atoms with Crippen LogP contribution in [0.4, 0.5) is 0 Å². The smallest absolute Gasteiger partial charge is 0.208 e. The van der Waals surface area contributed by atoms with Crippen LogP contribution in [0.25, 0.3) is 0 Å². The van der Waals surface area contributed by atoms with Gasteiger partial charge in [-0.1, -0.05) is 5.16 Å². The van der Waals surface area contributed by atoms with E-state index in [9.17, 15) is 8.42 Å². The minimum atomic E-state index is -3.08. The topological polar surface area (TPSA) is 75.4 Å². The van der Waals surface area contributed by atoms with Gasteiger partial charge in [-0.2, -0.15) is 0 Å². The number of aryl methyl sites for hydroxylation is 1. The van der Waals surface area contributed by atoms with Crippen LogP contribution in [0.5, 0.6) is 0 Å². The van der Waals surface area contributed by atoms with E-state index in [1.54, 1.807) is 0 Å². The molecule has 2 rings (SSSR count). The molecule has 0 radical (unpaired) electrons. The quantitative estimate of drug-likeness (QED) is 0.792. The summed E-state index contributed by atoms with van der Waals surface area (Å²) in [6.07, 6.45) is 4.21. The molecule has 7 heteroatoms. The van der Waals surface area contributed by atoms with Crippen LogP contribution in [0.3, 0.4) is 0 Å². The zero-order valence-electron chi connectivity index (χ0n) is 11.4. The minimum absolute atomic E-state index is 0.291. The maximum Gasteiger partial charge on any atom is 0.208 e. The number of hydrogen-bond donors (Lipinski definition) is 1. The maximum absolute atomic E-state index is 11.0. The molecule has 19 heavy (non-hydrogen) atoms. The number of sulfonamides is 1. The normalized spacial score (nSPS) is 21.1. The van der Waals surface area contributed by atoms with E-state index in [0.29, 0.717) is 12.6 Å². The van der Waals surface area contributed by atoms with Crippen LogP contribution in [0.2, 0.25) is 0 Å². The summed E-state index contributed by atoms with van der Waals surface area (Å²) in [5.41, 5.74) is 0.903. The van der Waals surface area contributed by atoms with E-state index < -0.39 is 10.0 Å². The average molecular weight is 287 g/mol. The van der Waals surface area contributed by atoms with Crippen molar-refractivity contribution in [1.82, 2.24) is 14.8 Å². The molecule has 1 saturated heterocycles. The second-order valence-corrected chi connectivity index (χ2v) is 6.92. The van der Waals surface area contributed by atoms with E-state index in [0.717, 1.165) is 43.8 Å². The fraction of sp³-hybridized carbons (Fsp3) is 0.750. The number of hydrogen-bond acceptors (Lipinski definition) is 5. The number of nitrogens with one attached hydrogen (secondary N) is 1. The molecule has 1 N–H and O–H groups in total. The maximum atomic E-state index is 11.0. The fourth-order valence-corrected chi connectivity index (χ4v) is 3.01. The molecule has 0 aromatic carbocycles. The second kappa shape index (κ2) is 6.02. The monoisotopic (exact) mass is 287 g/mol. The molecule has 1 fully saturated rings. The van der Waals surface area contributed by atoms with Gasteiger partial charge < -0.3 is 4.52 Å². The molecule has 6 nitrogen and oxygen atoms in total. The lowest BCUT2D eigenvalue weighted by atomic mass is 10.1. The summed E-state index contributed by atoms with van der Waals surface area (Å²) in [4.78, 5) is 2.34. The zero-order valence-corrected chi connectivity index (χ0v) is 12.2. The Balaban J connectivity index is 1.83. The van der Waals surface area contributed by atoms with Crippen LogP contribution in [0.1, 0.15) is 36.8 Å². The van der Waals surface area contributed by atoms with Gasteiger partial charge in [-0.25, -0.2) is 13.1 Å². The molecule has 0 amide bonds. The van der Waals surface area contributed by atoms with Crippen molar-refractivity contribution in [2.75, 3.05) is 25.9 Å². The van der Waals surface area contributed by atoms with Crippen LogP contribution < -0.4 is 4.72 Å². The summed E-state index contributed by atoms with van der Waals surface area (Å²) in [6, 6.07) is 2.28. The number of aromatic nitrogens is 1. The van der Waals surface area contributed by atoms with Crippen LogP contribution in [0.15, 0.2) is 10.6 Å². The summed E-state index contributed by atoms with van der Waals surface area (Å²) >= 11 is 0. The van der Waals surface area contributed by atoms with Crippen molar-refractivity contribution in [2.24, 2.45) is 0 Å². The molecule has 2 heterocycles. The van der Waals surface area contributed by atoms with Gasteiger partial charge in [0, 0.05) is 19.2 Å². The molecule has 1 atom stereocenters. The summed E-state index contributed by atoms with van der Waals surface area (Å²) in [5.74, 6) is 0.922. The van der Waals surface area contributed by atoms with Crippen molar-refractivity contribution >= 4 is 10.0 Å². The highest BCUT2D eigenvalue weighted by Gasteiger charge is 2.28. The molecule has 1 aromatic rings. The highest BCUT2D eigenvalue weighted by atomic mass is 32.2. The third-order valence-corrected chi connectivity index (χ3v) is 4.05. The molecule has 0 bridgehead atoms. The molecule has 1 aliphatic rings. The summed E-state index contributed by atoms with van der Waals surface area (Å²) in [7, 11) is -3.08. The van der Waals surface area contributed by atoms with Gasteiger partial charge in [0.15, 0.2) is 5.76 Å². The Morgan fingerprint density at radius 1 is 1.58 bits per heavy atom. The largest absolute Gasteiger partial charge is 0.359 e. The van der Waals surface area contributed by atoms with E-state index >= 15 is 0 Å². The van der Waals surface area contributed by atoms with E-state index in [-0.39, 0.29) is 0 Å². The number of rotatable bonds is 6. The van der Waals surface area contributed by atoms with Crippen LogP contribution >= 0.6 is 0 Å². The lowest BCUT2D eigenvalue weighted by Gasteiger charge is -2.22. The first-order valence-electron chi connectivity index (χ1n) is 6.57. The van der Waals surface area contributed by atoms with E-state index in [1.165, 1.54) is 6.26 Å². The Hall–Kier alpha value is -0.920. The molecular formula is C12H21N3O3S. The van der Waals surface area contributed by atoms with Crippen LogP contribution in [-0.2, 0) is 10.0 Å². The number of likely N-dealkylation sites (tertiary alicyclic amines) is 1. The summed E-state index contributed by atoms with van der Waals surface area (Å²) in [6.45, 7) is 4.30. The standard InChI is InChI=1S/C12H21N3O3S/c1-10-9-12(18-14-10)11-5-3-7-15(11)8-4-6-13-19(2,16)17/h9,11,13H,3-8H2,1-2H3/t11-/m0/s1. The lowest BCUT2D eigenvalue weighted by Crippen LogP contribution is -2.29. The molecular weight excluding hydrogens is 266 g/mol. The first kappa shape index (κ1) is 14.5. The molecule has 0 spiro atoms. The van der Waals surface area contributed by atoms with E-state index in [2.05, 4.69) is 14.8 Å². The SMILES string of the molecule is Cc1cc([C@@H]2CCCN2CCCNS(C)(=O)=O)on1. The zero-order chi connectivity index (χ0) is 13.9. The van der Waals surface area contributed by atoms with Gasteiger partial charge in [-0.3, -0.25) is 4.90 Å². The molecule has 1 aliphatic heterocycles. The van der Waals surface area contributed by atoms with Gasteiger partial charge in [0.1, 0.15) is 0 Å². The Bertz CT molecular complexity index is 512. The van der Waals surface area contributed by atoms with E-state index in [4.69, 9.17) is 4.52 Å². The third kappa shape index (κ3) is 4.29. The average Bonchev–Trinajstić information content (AvgIpc) is 2.91. The predicted molar refractivity (Wildman–Crippen MR) is 72.3 cm³/mol. The highest BCUT2D eigenvalue weighted by Crippen LogP contribution is 2.31. The third-order valence-electron chi connectivity index (χ3n) is 3.32. The Morgan fingerprint density at radius 2 is 2.37 bits per heavy atom. The van der Waals surface area contributed by atoms with Crippen LogP contribution in [0, 0.1) is 6.92 Å². The highest BCUT2D eigenvalue weighted by molar-refractivity contribution is 7.88. The molecule has 1 aromatic heterocycles. The van der Waals surface area contributed by atoms with E-state index in [1.807, 2.05) is 13.0 Å². The molecule has 0 saturated carbocycles. The van der Waals surface area contributed by atoms with Gasteiger partial charge >= 0.3 is 0 Å². The van der Waals surface area contributed by atoms with Crippen molar-refractivity contribution in [2.45, 2.75) is 32.2 Å². The van der Waals surface area contributed by atoms with Crippen molar-refractivity contribution < 1.29 is 12.9 Å². The first-order valence-corrected chi connectivity index (χ1v) is 8.47. The van der Waals surface area contributed by atoms with Crippen molar-refractivity contribution in [3.05, 3.63) is 17.5 Å². The van der Waals surface area contributed by atoms with Crippen molar-refractivity contribution in [3.63, 3.8) is 0 Å². The summed E-state index contributed by atoms with van der Waals surface area (Å²) in [5, 5.41) is 3.93. The van der Waals surface area contributed by atoms with Gasteiger partial charge in [0.25, 0.3) is 0 Å². The minimum Gasteiger partial charge on any atom is -0.359 e. The molecule has 0 unspecified atom stereocenters. The van der Waals surface area contributed by atoms with Gasteiger partial charge in [0.05, 0.1) is 18.0 Å². The number of nitrogens with zero attached hydrogens (tertiary/aromatic N) is 2. The molecule has 108 valence electrons. The molecule has 0 aliphatic carbocycles. The Labute approximate surface area is 114 Å². The predicted octanol–water partition coefficient (Wildman–Crippen LogP) is 1.06. The Morgan fingerprint density at radius 3 is 3.00 bits per heavy atom. The van der Waals surface area contributed by atoms with Crippen molar-refractivity contribution in [1.29, 1.82) is 0 Å². The second-order valence-electron chi connectivity index (χ2n) is 5.08. The van der Waals surface area contributed by atoms with Gasteiger partial charge in [0.2, 0.25) is 10.0 Å². The van der Waals surface area contributed by atoms with Crippen LogP contribution in [-0.4, -0.2) is 44.4 Å². The summed E-state index contributed by atoms with van der Waals surface area (Å²) < 4.78 is 29.8.